The smallest absolute Gasteiger partial charge is 0.239 e. The van der Waals surface area contributed by atoms with E-state index in [1.165, 1.54) is 0 Å². The maximum absolute atomic E-state index is 11.7. The van der Waals surface area contributed by atoms with Crippen molar-refractivity contribution in [2.24, 2.45) is 0 Å². The zero-order valence-corrected chi connectivity index (χ0v) is 11.4. The van der Waals surface area contributed by atoms with Crippen molar-refractivity contribution in [3.8, 4) is 5.75 Å². The van der Waals surface area contributed by atoms with Crippen LogP contribution < -0.4 is 15.4 Å². The highest BCUT2D eigenvalue weighted by atomic mass is 16.5. The highest BCUT2D eigenvalue weighted by Gasteiger charge is 2.06. The van der Waals surface area contributed by atoms with E-state index < -0.39 is 0 Å². The average Bonchev–Trinajstić information content (AvgIpc) is 2.43. The number of nitrogens with one attached hydrogen (secondary N) is 2. The number of amides is 2. The molecule has 0 unspecified atom stereocenters. The number of hydrogen-bond donors (Lipinski definition) is 2. The molecule has 0 aliphatic heterocycles. The van der Waals surface area contributed by atoms with Crippen LogP contribution in [0.3, 0.4) is 0 Å². The first kappa shape index (κ1) is 15.0. The molecular weight excluding hydrogens is 244 g/mol. The molecule has 2 amide bonds. The summed E-state index contributed by atoms with van der Waals surface area (Å²) in [5, 5.41) is 5.28. The summed E-state index contributed by atoms with van der Waals surface area (Å²) < 4.78 is 5.08. The van der Waals surface area contributed by atoms with Crippen molar-refractivity contribution in [1.82, 2.24) is 10.6 Å². The van der Waals surface area contributed by atoms with Gasteiger partial charge in [-0.2, -0.15) is 0 Å². The van der Waals surface area contributed by atoms with Gasteiger partial charge in [-0.05, 0) is 24.1 Å². The Morgan fingerprint density at radius 3 is 2.68 bits per heavy atom. The van der Waals surface area contributed by atoms with Gasteiger partial charge in [0.2, 0.25) is 11.8 Å². The van der Waals surface area contributed by atoms with Crippen molar-refractivity contribution in [3.63, 3.8) is 0 Å². The van der Waals surface area contributed by atoms with Gasteiger partial charge in [-0.15, -0.1) is 0 Å². The summed E-state index contributed by atoms with van der Waals surface area (Å²) >= 11 is 0. The van der Waals surface area contributed by atoms with Crippen LogP contribution >= 0.6 is 0 Å². The van der Waals surface area contributed by atoms with E-state index in [2.05, 4.69) is 10.6 Å². The van der Waals surface area contributed by atoms with Crippen LogP contribution in [0.25, 0.3) is 0 Å². The van der Waals surface area contributed by atoms with Crippen LogP contribution in [0.2, 0.25) is 0 Å². The fourth-order valence-corrected chi connectivity index (χ4v) is 1.54. The molecule has 19 heavy (non-hydrogen) atoms. The van der Waals surface area contributed by atoms with Gasteiger partial charge in [-0.25, -0.2) is 0 Å². The highest BCUT2D eigenvalue weighted by Crippen LogP contribution is 2.12. The van der Waals surface area contributed by atoms with E-state index in [-0.39, 0.29) is 24.8 Å². The number of ether oxygens (including phenoxy) is 1. The highest BCUT2D eigenvalue weighted by molar-refractivity contribution is 5.85. The molecule has 0 aliphatic rings. The van der Waals surface area contributed by atoms with Crippen molar-refractivity contribution in [2.45, 2.75) is 19.8 Å². The van der Waals surface area contributed by atoms with E-state index in [9.17, 15) is 9.59 Å². The molecule has 5 heteroatoms. The Labute approximate surface area is 113 Å². The van der Waals surface area contributed by atoms with Gasteiger partial charge in [0.1, 0.15) is 5.75 Å². The van der Waals surface area contributed by atoms with Crippen LogP contribution in [0.15, 0.2) is 24.3 Å². The molecule has 1 aromatic carbocycles. The summed E-state index contributed by atoms with van der Waals surface area (Å²) in [5.74, 6) is 0.367. The van der Waals surface area contributed by atoms with Crippen molar-refractivity contribution in [2.75, 3.05) is 20.2 Å². The van der Waals surface area contributed by atoms with Crippen LogP contribution in [-0.2, 0) is 16.0 Å². The number of benzene rings is 1. The van der Waals surface area contributed by atoms with Gasteiger partial charge >= 0.3 is 0 Å². The van der Waals surface area contributed by atoms with Crippen LogP contribution in [0.4, 0.5) is 0 Å². The number of carbonyl (C=O) groups excluding carboxylic acids is 2. The summed E-state index contributed by atoms with van der Waals surface area (Å²) in [7, 11) is 1.58. The average molecular weight is 264 g/mol. The molecule has 1 rings (SSSR count). The second-order valence-corrected chi connectivity index (χ2v) is 4.15. The lowest BCUT2D eigenvalue weighted by atomic mass is 10.1. The summed E-state index contributed by atoms with van der Waals surface area (Å²) in [4.78, 5) is 23.0. The fraction of sp³-hybridized carbons (Fsp3) is 0.429. The maximum atomic E-state index is 11.7. The van der Waals surface area contributed by atoms with E-state index in [0.29, 0.717) is 12.3 Å². The predicted molar refractivity (Wildman–Crippen MR) is 73.0 cm³/mol. The molecule has 0 atom stereocenters. The quantitative estimate of drug-likeness (QED) is 0.768. The number of hydrogen-bond acceptors (Lipinski definition) is 3. The zero-order chi connectivity index (χ0) is 14.1. The van der Waals surface area contributed by atoms with Gasteiger partial charge in [0.15, 0.2) is 0 Å². The molecule has 0 radical (unpaired) electrons. The molecule has 5 nitrogen and oxygen atoms in total. The maximum Gasteiger partial charge on any atom is 0.239 e. The lowest BCUT2D eigenvalue weighted by Crippen LogP contribution is -2.37. The normalized spacial score (nSPS) is 9.79. The zero-order valence-electron chi connectivity index (χ0n) is 11.4. The molecule has 1 aromatic rings. The Morgan fingerprint density at radius 1 is 1.21 bits per heavy atom. The molecule has 0 saturated heterocycles. The number of methoxy groups -OCH3 is 1. The Kier molecular flexibility index (Phi) is 6.43. The minimum Gasteiger partial charge on any atom is -0.497 e. The van der Waals surface area contributed by atoms with Gasteiger partial charge < -0.3 is 15.4 Å². The molecule has 2 N–H and O–H groups in total. The Balaban J connectivity index is 2.36. The van der Waals surface area contributed by atoms with Crippen LogP contribution in [0, 0.1) is 0 Å². The molecule has 0 heterocycles. The molecule has 104 valence electrons. The molecular formula is C14H20N2O3. The monoisotopic (exact) mass is 264 g/mol. The molecule has 0 aliphatic carbocycles. The van der Waals surface area contributed by atoms with Gasteiger partial charge in [0, 0.05) is 6.54 Å². The van der Waals surface area contributed by atoms with Crippen molar-refractivity contribution >= 4 is 11.8 Å². The third kappa shape index (κ3) is 5.90. The van der Waals surface area contributed by atoms with E-state index in [4.69, 9.17) is 4.74 Å². The molecule has 0 spiro atoms. The molecule has 0 bridgehead atoms. The Hall–Kier alpha value is -2.04. The van der Waals surface area contributed by atoms with Crippen molar-refractivity contribution < 1.29 is 14.3 Å². The third-order valence-corrected chi connectivity index (χ3v) is 2.52. The van der Waals surface area contributed by atoms with Crippen LogP contribution in [0.1, 0.15) is 18.9 Å². The van der Waals surface area contributed by atoms with Crippen molar-refractivity contribution in [3.05, 3.63) is 29.8 Å². The van der Waals surface area contributed by atoms with Gasteiger partial charge in [0.25, 0.3) is 0 Å². The minimum absolute atomic E-state index is 0.0167. The minimum atomic E-state index is -0.181. The number of rotatable bonds is 7. The summed E-state index contributed by atoms with van der Waals surface area (Å²) in [6.45, 7) is 2.62. The van der Waals surface area contributed by atoms with E-state index >= 15 is 0 Å². The van der Waals surface area contributed by atoms with Gasteiger partial charge in [-0.3, -0.25) is 9.59 Å². The Bertz CT molecular complexity index is 432. The van der Waals surface area contributed by atoms with E-state index in [1.807, 2.05) is 25.1 Å². The first-order valence-electron chi connectivity index (χ1n) is 6.32. The van der Waals surface area contributed by atoms with E-state index in [1.54, 1.807) is 13.2 Å². The molecule has 0 saturated carbocycles. The first-order chi connectivity index (χ1) is 9.15. The largest absolute Gasteiger partial charge is 0.497 e. The second kappa shape index (κ2) is 8.13. The third-order valence-electron chi connectivity index (χ3n) is 2.52. The summed E-state index contributed by atoms with van der Waals surface area (Å²) in [6.07, 6.45) is 1.11. The fourth-order valence-electron chi connectivity index (χ4n) is 1.54. The van der Waals surface area contributed by atoms with Crippen LogP contribution in [-0.4, -0.2) is 32.0 Å². The van der Waals surface area contributed by atoms with Crippen molar-refractivity contribution in [1.29, 1.82) is 0 Å². The molecule has 0 fully saturated rings. The van der Waals surface area contributed by atoms with E-state index in [0.717, 1.165) is 12.0 Å². The first-order valence-corrected chi connectivity index (χ1v) is 6.32. The topological polar surface area (TPSA) is 67.4 Å². The molecule has 0 aromatic heterocycles. The second-order valence-electron chi connectivity index (χ2n) is 4.15. The van der Waals surface area contributed by atoms with Gasteiger partial charge in [0.05, 0.1) is 20.1 Å². The Morgan fingerprint density at radius 2 is 2.00 bits per heavy atom. The standard InChI is InChI=1S/C14H20N2O3/c1-3-7-15-14(18)10-16-13(17)9-11-5-4-6-12(8-11)19-2/h4-6,8H,3,7,9-10H2,1-2H3,(H,15,18)(H,16,17). The predicted octanol–water partition coefficient (Wildman–Crippen LogP) is 0.880. The summed E-state index contributed by atoms with van der Waals surface area (Å²) in [5.41, 5.74) is 0.853. The lowest BCUT2D eigenvalue weighted by molar-refractivity contribution is -0.125. The van der Waals surface area contributed by atoms with Crippen LogP contribution in [0.5, 0.6) is 5.75 Å². The van der Waals surface area contributed by atoms with Gasteiger partial charge in [-0.1, -0.05) is 19.1 Å². The lowest BCUT2D eigenvalue weighted by Gasteiger charge is -2.07. The SMILES string of the molecule is CCCNC(=O)CNC(=O)Cc1cccc(OC)c1. The number of carbonyl (C=O) groups is 2. The summed E-state index contributed by atoms with van der Waals surface area (Å²) in [6, 6.07) is 7.30.